The van der Waals surface area contributed by atoms with Gasteiger partial charge in [0.25, 0.3) is 0 Å². The van der Waals surface area contributed by atoms with Gasteiger partial charge in [-0.25, -0.2) is 8.42 Å². The Hall–Kier alpha value is -1.40. The molecule has 1 saturated heterocycles. The van der Waals surface area contributed by atoms with Crippen LogP contribution in [0.15, 0.2) is 29.2 Å². The summed E-state index contributed by atoms with van der Waals surface area (Å²) in [4.78, 5) is 13.7. The van der Waals surface area contributed by atoms with E-state index in [1.807, 2.05) is 19.1 Å². The number of nitrogens with one attached hydrogen (secondary N) is 1. The van der Waals surface area contributed by atoms with Gasteiger partial charge in [-0.2, -0.15) is 4.31 Å². The molecule has 1 N–H and O–H groups in total. The van der Waals surface area contributed by atoms with Gasteiger partial charge in [-0.1, -0.05) is 30.5 Å². The molecule has 1 aliphatic heterocycles. The van der Waals surface area contributed by atoms with Gasteiger partial charge in [0.05, 0.1) is 4.90 Å². The van der Waals surface area contributed by atoms with Gasteiger partial charge < -0.3 is 5.32 Å². The Bertz CT molecular complexity index is 895. The molecule has 0 radical (unpaired) electrons. The molecule has 0 aromatic heterocycles. The molecule has 5 atom stereocenters. The maximum atomic E-state index is 13.4. The minimum Gasteiger partial charge on any atom is -0.354 e. The van der Waals surface area contributed by atoms with Gasteiger partial charge in [-0.15, -0.1) is 0 Å². The zero-order chi connectivity index (χ0) is 20.9. The number of carbonyl (C=O) groups excluding carboxylic acids is 1. The number of rotatable bonds is 5. The molecule has 1 amide bonds. The first kappa shape index (κ1) is 20.5. The highest BCUT2D eigenvalue weighted by Crippen LogP contribution is 2.57. The first-order valence-corrected chi connectivity index (χ1v) is 13.2. The molecular weight excluding hydrogens is 396 g/mol. The molecule has 1 heterocycles. The van der Waals surface area contributed by atoms with Gasteiger partial charge in [-0.3, -0.25) is 4.79 Å². The lowest BCUT2D eigenvalue weighted by Gasteiger charge is -2.47. The molecule has 6 rings (SSSR count). The molecule has 4 unspecified atom stereocenters. The van der Waals surface area contributed by atoms with Crippen molar-refractivity contribution >= 4 is 15.9 Å². The summed E-state index contributed by atoms with van der Waals surface area (Å²) in [6.45, 7) is 2.93. The smallest absolute Gasteiger partial charge is 0.243 e. The van der Waals surface area contributed by atoms with E-state index >= 15 is 0 Å². The molecule has 4 bridgehead atoms. The lowest BCUT2D eigenvalue weighted by Crippen LogP contribution is -2.51. The third-order valence-electron chi connectivity index (χ3n) is 8.29. The molecule has 164 valence electrons. The summed E-state index contributed by atoms with van der Waals surface area (Å²) in [5.41, 5.74) is 0.859. The van der Waals surface area contributed by atoms with Crippen molar-refractivity contribution < 1.29 is 13.2 Å². The van der Waals surface area contributed by atoms with E-state index in [0.29, 0.717) is 29.8 Å². The van der Waals surface area contributed by atoms with Crippen LogP contribution in [0.25, 0.3) is 0 Å². The van der Waals surface area contributed by atoms with Crippen LogP contribution in [0, 0.1) is 30.1 Å². The summed E-state index contributed by atoms with van der Waals surface area (Å²) >= 11 is 0. The van der Waals surface area contributed by atoms with Gasteiger partial charge in [0.2, 0.25) is 15.9 Å². The molecule has 5 nitrogen and oxygen atoms in total. The Labute approximate surface area is 180 Å². The first-order chi connectivity index (χ1) is 14.4. The fourth-order valence-electron chi connectivity index (χ4n) is 7.04. The largest absolute Gasteiger partial charge is 0.354 e. The van der Waals surface area contributed by atoms with Crippen LogP contribution < -0.4 is 5.32 Å². The number of hydrogen-bond donors (Lipinski definition) is 1. The van der Waals surface area contributed by atoms with Crippen molar-refractivity contribution in [1.29, 1.82) is 0 Å². The van der Waals surface area contributed by atoms with Crippen molar-refractivity contribution in [1.82, 2.24) is 9.62 Å². The Morgan fingerprint density at radius 2 is 1.67 bits per heavy atom. The van der Waals surface area contributed by atoms with E-state index in [1.54, 1.807) is 16.4 Å². The van der Waals surface area contributed by atoms with Crippen LogP contribution >= 0.6 is 0 Å². The van der Waals surface area contributed by atoms with Crippen LogP contribution in [0.5, 0.6) is 0 Å². The average molecular weight is 431 g/mol. The van der Waals surface area contributed by atoms with Crippen LogP contribution in [0.1, 0.15) is 63.4 Å². The predicted molar refractivity (Wildman–Crippen MR) is 116 cm³/mol. The molecule has 1 aromatic rings. The van der Waals surface area contributed by atoms with E-state index in [0.717, 1.165) is 43.6 Å². The molecule has 30 heavy (non-hydrogen) atoms. The normalized spacial score (nSPS) is 36.0. The number of sulfonamides is 1. The van der Waals surface area contributed by atoms with Crippen LogP contribution in [0.4, 0.5) is 0 Å². The van der Waals surface area contributed by atoms with E-state index in [1.165, 1.54) is 25.7 Å². The van der Waals surface area contributed by atoms with Crippen LogP contribution in [0.2, 0.25) is 0 Å². The topological polar surface area (TPSA) is 66.5 Å². The summed E-state index contributed by atoms with van der Waals surface area (Å²) in [5.74, 6) is 2.35. The number of benzene rings is 1. The number of aryl methyl sites for hydroxylation is 1. The minimum atomic E-state index is -3.52. The summed E-state index contributed by atoms with van der Waals surface area (Å²) in [6.07, 6.45) is 10.0. The quantitative estimate of drug-likeness (QED) is 0.771. The van der Waals surface area contributed by atoms with Gasteiger partial charge in [-0.05, 0) is 81.8 Å². The number of carbonyl (C=O) groups is 1. The second-order valence-corrected chi connectivity index (χ2v) is 12.4. The standard InChI is InChI=1S/C24H34N2O3S/c1-17-4-8-22(9-5-17)30(28,29)26-10-2-3-21(26)16-25-23(27)24-13-18-6-7-19(14-24)12-20(11-18)15-24/h4-5,8-9,18-21H,2-3,6-7,10-16H2,1H3,(H,25,27)/t18-,19?,20?,21?,24?/m0/s1. The number of nitrogens with zero attached hydrogens (tertiary/aromatic N) is 1. The van der Waals surface area contributed by atoms with Gasteiger partial charge in [0, 0.05) is 24.5 Å². The Balaban J connectivity index is 1.28. The Morgan fingerprint density at radius 3 is 2.33 bits per heavy atom. The number of fused-ring (bicyclic) bond motifs is 1. The SMILES string of the molecule is Cc1ccc(S(=O)(=O)N2CCCC2CNC(=O)C23CC4CC[C@@H](CC(C4)C2)C3)cc1. The van der Waals surface area contributed by atoms with Crippen molar-refractivity contribution in [3.8, 4) is 0 Å². The van der Waals surface area contributed by atoms with Crippen molar-refractivity contribution in [3.05, 3.63) is 29.8 Å². The van der Waals surface area contributed by atoms with Gasteiger partial charge in [0.15, 0.2) is 0 Å². The summed E-state index contributed by atoms with van der Waals surface area (Å²) in [7, 11) is -3.52. The maximum absolute atomic E-state index is 13.4. The van der Waals surface area contributed by atoms with Crippen LogP contribution in [0.3, 0.4) is 0 Å². The molecule has 0 spiro atoms. The minimum absolute atomic E-state index is 0.142. The monoisotopic (exact) mass is 430 g/mol. The second kappa shape index (κ2) is 7.63. The lowest BCUT2D eigenvalue weighted by molar-refractivity contribution is -0.138. The zero-order valence-corrected chi connectivity index (χ0v) is 18.8. The summed E-state index contributed by atoms with van der Waals surface area (Å²) in [6, 6.07) is 6.93. The molecular formula is C24H34N2O3S. The van der Waals surface area contributed by atoms with Crippen molar-refractivity contribution in [3.63, 3.8) is 0 Å². The molecule has 5 fully saturated rings. The first-order valence-electron chi connectivity index (χ1n) is 11.7. The molecule has 5 aliphatic rings. The molecule has 4 saturated carbocycles. The van der Waals surface area contributed by atoms with E-state index < -0.39 is 10.0 Å². The van der Waals surface area contributed by atoms with Gasteiger partial charge in [0.1, 0.15) is 0 Å². The van der Waals surface area contributed by atoms with E-state index in [9.17, 15) is 13.2 Å². The molecule has 6 heteroatoms. The van der Waals surface area contributed by atoms with E-state index in [-0.39, 0.29) is 17.4 Å². The zero-order valence-electron chi connectivity index (χ0n) is 18.0. The van der Waals surface area contributed by atoms with E-state index in [2.05, 4.69) is 5.32 Å². The van der Waals surface area contributed by atoms with Gasteiger partial charge >= 0.3 is 0 Å². The lowest BCUT2D eigenvalue weighted by atomic mass is 9.58. The molecule has 4 aliphatic carbocycles. The number of hydrogen-bond acceptors (Lipinski definition) is 3. The Kier molecular flexibility index (Phi) is 5.21. The maximum Gasteiger partial charge on any atom is 0.243 e. The fraction of sp³-hybridized carbons (Fsp3) is 0.708. The third kappa shape index (κ3) is 3.60. The molecule has 1 aromatic carbocycles. The highest BCUT2D eigenvalue weighted by atomic mass is 32.2. The summed E-state index contributed by atoms with van der Waals surface area (Å²) in [5, 5.41) is 3.23. The highest BCUT2D eigenvalue weighted by Gasteiger charge is 2.52. The van der Waals surface area contributed by atoms with E-state index in [4.69, 9.17) is 0 Å². The van der Waals surface area contributed by atoms with Crippen molar-refractivity contribution in [2.24, 2.45) is 23.2 Å². The average Bonchev–Trinajstić information content (AvgIpc) is 3.10. The predicted octanol–water partition coefficient (Wildman–Crippen LogP) is 3.87. The van der Waals surface area contributed by atoms with Crippen LogP contribution in [-0.2, 0) is 14.8 Å². The van der Waals surface area contributed by atoms with Crippen molar-refractivity contribution in [2.75, 3.05) is 13.1 Å². The highest BCUT2D eigenvalue weighted by molar-refractivity contribution is 7.89. The number of amides is 1. The second-order valence-electron chi connectivity index (χ2n) is 10.5. The fourth-order valence-corrected chi connectivity index (χ4v) is 8.74. The third-order valence-corrected chi connectivity index (χ3v) is 10.3. The van der Waals surface area contributed by atoms with Crippen molar-refractivity contribution in [2.45, 2.75) is 75.6 Å². The van der Waals surface area contributed by atoms with Crippen LogP contribution in [-0.4, -0.2) is 37.8 Å². The Morgan fingerprint density at radius 1 is 1.03 bits per heavy atom. The summed E-state index contributed by atoms with van der Waals surface area (Å²) < 4.78 is 28.0.